The van der Waals surface area contributed by atoms with E-state index in [9.17, 15) is 4.39 Å². The first-order valence-corrected chi connectivity index (χ1v) is 5.39. The van der Waals surface area contributed by atoms with Crippen LogP contribution in [0.2, 0.25) is 0 Å². The molecule has 0 atom stereocenters. The normalized spacial score (nSPS) is 11.4. The fraction of sp³-hybridized carbons (Fsp3) is 0.583. The van der Waals surface area contributed by atoms with E-state index in [-0.39, 0.29) is 11.7 Å². The Hall–Kier alpha value is -0.960. The van der Waals surface area contributed by atoms with Crippen LogP contribution in [0.3, 0.4) is 0 Å². The summed E-state index contributed by atoms with van der Waals surface area (Å²) in [6, 6.07) is 3.65. The zero-order valence-corrected chi connectivity index (χ0v) is 9.84. The van der Waals surface area contributed by atoms with Crippen LogP contribution >= 0.6 is 0 Å². The van der Waals surface area contributed by atoms with Crippen LogP contribution in [0.1, 0.15) is 45.0 Å². The lowest BCUT2D eigenvalue weighted by molar-refractivity contribution is 0.559. The van der Waals surface area contributed by atoms with Crippen LogP contribution in [0.25, 0.3) is 0 Å². The standard InChI is InChI=1S/C12H19FN2/c1-8(2)12-11(13)6-5-10(15-12)7-14-9(3)4/h5-6,8-9,14H,7H2,1-4H3. The first kappa shape index (κ1) is 12.1. The molecule has 15 heavy (non-hydrogen) atoms. The number of halogens is 1. The summed E-state index contributed by atoms with van der Waals surface area (Å²) in [5, 5.41) is 3.26. The molecule has 1 aromatic rings. The fourth-order valence-electron chi connectivity index (χ4n) is 1.31. The number of pyridine rings is 1. The summed E-state index contributed by atoms with van der Waals surface area (Å²) in [6.45, 7) is 8.74. The summed E-state index contributed by atoms with van der Waals surface area (Å²) in [6.07, 6.45) is 0. The molecule has 0 saturated carbocycles. The molecule has 0 aliphatic carbocycles. The van der Waals surface area contributed by atoms with Gasteiger partial charge in [-0.25, -0.2) is 4.39 Å². The highest BCUT2D eigenvalue weighted by Gasteiger charge is 2.09. The van der Waals surface area contributed by atoms with Gasteiger partial charge < -0.3 is 5.32 Å². The molecule has 1 heterocycles. The van der Waals surface area contributed by atoms with Crippen LogP contribution in [-0.4, -0.2) is 11.0 Å². The molecular formula is C12H19FN2. The molecule has 0 saturated heterocycles. The summed E-state index contributed by atoms with van der Waals surface area (Å²) in [7, 11) is 0. The van der Waals surface area contributed by atoms with E-state index >= 15 is 0 Å². The minimum atomic E-state index is -0.210. The molecule has 0 bridgehead atoms. The molecule has 1 N–H and O–H groups in total. The van der Waals surface area contributed by atoms with Crippen molar-refractivity contribution in [2.24, 2.45) is 0 Å². The van der Waals surface area contributed by atoms with Crippen molar-refractivity contribution in [3.05, 3.63) is 29.3 Å². The molecule has 1 rings (SSSR count). The van der Waals surface area contributed by atoms with Crippen molar-refractivity contribution < 1.29 is 4.39 Å². The van der Waals surface area contributed by atoms with Gasteiger partial charge in [0.15, 0.2) is 0 Å². The highest BCUT2D eigenvalue weighted by Crippen LogP contribution is 2.16. The minimum Gasteiger partial charge on any atom is -0.309 e. The second-order valence-electron chi connectivity index (χ2n) is 4.36. The third-order valence-electron chi connectivity index (χ3n) is 2.17. The Morgan fingerprint density at radius 1 is 1.27 bits per heavy atom. The molecular weight excluding hydrogens is 191 g/mol. The molecule has 0 radical (unpaired) electrons. The van der Waals surface area contributed by atoms with Gasteiger partial charge in [-0.1, -0.05) is 27.7 Å². The van der Waals surface area contributed by atoms with Gasteiger partial charge in [0.2, 0.25) is 0 Å². The topological polar surface area (TPSA) is 24.9 Å². The van der Waals surface area contributed by atoms with Crippen LogP contribution in [-0.2, 0) is 6.54 Å². The number of hydrogen-bond donors (Lipinski definition) is 1. The van der Waals surface area contributed by atoms with Crippen molar-refractivity contribution >= 4 is 0 Å². The number of nitrogens with zero attached hydrogens (tertiary/aromatic N) is 1. The van der Waals surface area contributed by atoms with E-state index in [1.165, 1.54) is 6.07 Å². The largest absolute Gasteiger partial charge is 0.309 e. The van der Waals surface area contributed by atoms with Crippen molar-refractivity contribution in [1.29, 1.82) is 0 Å². The lowest BCUT2D eigenvalue weighted by Gasteiger charge is -2.11. The van der Waals surface area contributed by atoms with E-state index in [4.69, 9.17) is 0 Å². The first-order chi connectivity index (χ1) is 7.00. The van der Waals surface area contributed by atoms with Crippen molar-refractivity contribution in [2.45, 2.75) is 46.2 Å². The number of nitrogens with one attached hydrogen (secondary N) is 1. The molecule has 0 aliphatic heterocycles. The van der Waals surface area contributed by atoms with Gasteiger partial charge in [-0.05, 0) is 18.1 Å². The molecule has 2 nitrogen and oxygen atoms in total. The summed E-state index contributed by atoms with van der Waals surface area (Å²) in [4.78, 5) is 4.31. The molecule has 1 aromatic heterocycles. The van der Waals surface area contributed by atoms with Crippen molar-refractivity contribution in [3.63, 3.8) is 0 Å². The number of hydrogen-bond acceptors (Lipinski definition) is 2. The third-order valence-corrected chi connectivity index (χ3v) is 2.17. The van der Waals surface area contributed by atoms with E-state index in [0.717, 1.165) is 5.69 Å². The van der Waals surface area contributed by atoms with E-state index in [2.05, 4.69) is 24.1 Å². The number of rotatable bonds is 4. The third kappa shape index (κ3) is 3.59. The molecule has 0 aromatic carbocycles. The molecule has 3 heteroatoms. The Morgan fingerprint density at radius 2 is 1.93 bits per heavy atom. The van der Waals surface area contributed by atoms with Gasteiger partial charge >= 0.3 is 0 Å². The number of aromatic nitrogens is 1. The van der Waals surface area contributed by atoms with E-state index in [1.807, 2.05) is 13.8 Å². The Balaban J connectivity index is 2.78. The summed E-state index contributed by atoms with van der Waals surface area (Å²) < 4.78 is 13.3. The van der Waals surface area contributed by atoms with Crippen LogP contribution < -0.4 is 5.32 Å². The monoisotopic (exact) mass is 210 g/mol. The lowest BCUT2D eigenvalue weighted by Crippen LogP contribution is -2.22. The van der Waals surface area contributed by atoms with Crippen LogP contribution in [0, 0.1) is 5.82 Å². The summed E-state index contributed by atoms with van der Waals surface area (Å²) in [5.74, 6) is -0.0812. The molecule has 0 aliphatic rings. The predicted molar refractivity (Wildman–Crippen MR) is 60.3 cm³/mol. The van der Waals surface area contributed by atoms with Gasteiger partial charge in [-0.3, -0.25) is 4.98 Å². The van der Waals surface area contributed by atoms with Gasteiger partial charge in [0, 0.05) is 12.6 Å². The Labute approximate surface area is 90.9 Å². The van der Waals surface area contributed by atoms with Crippen LogP contribution in [0.15, 0.2) is 12.1 Å². The molecule has 0 spiro atoms. The van der Waals surface area contributed by atoms with E-state index < -0.39 is 0 Å². The average molecular weight is 210 g/mol. The summed E-state index contributed by atoms with van der Waals surface area (Å²) in [5.41, 5.74) is 1.45. The van der Waals surface area contributed by atoms with E-state index in [1.54, 1.807) is 6.07 Å². The van der Waals surface area contributed by atoms with Crippen LogP contribution in [0.5, 0.6) is 0 Å². The fourth-order valence-corrected chi connectivity index (χ4v) is 1.31. The Kier molecular flexibility index (Phi) is 4.21. The summed E-state index contributed by atoms with van der Waals surface area (Å²) >= 11 is 0. The van der Waals surface area contributed by atoms with Crippen molar-refractivity contribution in [2.75, 3.05) is 0 Å². The quantitative estimate of drug-likeness (QED) is 0.826. The maximum absolute atomic E-state index is 13.3. The smallest absolute Gasteiger partial charge is 0.144 e. The Morgan fingerprint density at radius 3 is 2.47 bits per heavy atom. The zero-order chi connectivity index (χ0) is 11.4. The molecule has 0 unspecified atom stereocenters. The van der Waals surface area contributed by atoms with Crippen molar-refractivity contribution in [3.8, 4) is 0 Å². The molecule has 84 valence electrons. The maximum Gasteiger partial charge on any atom is 0.144 e. The van der Waals surface area contributed by atoms with Crippen LogP contribution in [0.4, 0.5) is 4.39 Å². The molecule has 0 fully saturated rings. The average Bonchev–Trinajstić information content (AvgIpc) is 2.16. The van der Waals surface area contributed by atoms with Gasteiger partial charge in [-0.15, -0.1) is 0 Å². The SMILES string of the molecule is CC(C)NCc1ccc(F)c(C(C)C)n1. The minimum absolute atomic E-state index is 0.129. The maximum atomic E-state index is 13.3. The van der Waals surface area contributed by atoms with Gasteiger partial charge in [0.1, 0.15) is 5.82 Å². The first-order valence-electron chi connectivity index (χ1n) is 5.39. The van der Waals surface area contributed by atoms with Crippen molar-refractivity contribution in [1.82, 2.24) is 10.3 Å². The van der Waals surface area contributed by atoms with E-state index in [0.29, 0.717) is 18.3 Å². The van der Waals surface area contributed by atoms with Gasteiger partial charge in [0.05, 0.1) is 11.4 Å². The second-order valence-corrected chi connectivity index (χ2v) is 4.36. The van der Waals surface area contributed by atoms with Gasteiger partial charge in [0.25, 0.3) is 0 Å². The Bertz CT molecular complexity index is 321. The zero-order valence-electron chi connectivity index (χ0n) is 9.84. The lowest BCUT2D eigenvalue weighted by atomic mass is 10.1. The second kappa shape index (κ2) is 5.21. The highest BCUT2D eigenvalue weighted by atomic mass is 19.1. The molecule has 0 amide bonds. The predicted octanol–water partition coefficient (Wildman–Crippen LogP) is 2.84. The van der Waals surface area contributed by atoms with Gasteiger partial charge in [-0.2, -0.15) is 0 Å². The highest BCUT2D eigenvalue weighted by molar-refractivity contribution is 5.16.